The van der Waals surface area contributed by atoms with Crippen LogP contribution in [0.1, 0.15) is 117 Å². The number of sulfonamides is 1. The average Bonchev–Trinajstić information content (AvgIpc) is 4.05. The Bertz CT molecular complexity index is 3560. The number of fused-ring (bicyclic) bond motifs is 5. The molecule has 0 spiro atoms. The Morgan fingerprint density at radius 2 is 1.61 bits per heavy atom. The summed E-state index contributed by atoms with van der Waals surface area (Å²) in [5.41, 5.74) is 3.60. The molecule has 2 saturated heterocycles. The van der Waals surface area contributed by atoms with Gasteiger partial charge in [0.2, 0.25) is 21.8 Å². The number of benzene rings is 3. The molecule has 4 aliphatic rings. The Morgan fingerprint density at radius 1 is 0.896 bits per heavy atom. The van der Waals surface area contributed by atoms with Gasteiger partial charge < -0.3 is 44.8 Å². The largest absolute Gasteiger partial charge is 0.508 e. The van der Waals surface area contributed by atoms with Gasteiger partial charge in [0, 0.05) is 79.5 Å². The number of phenolic OH excluding ortho intramolecular Hbond substituents is 2. The lowest BCUT2D eigenvalue weighted by Crippen LogP contribution is -2.50. The van der Waals surface area contributed by atoms with E-state index in [1.54, 1.807) is 35.4 Å². The number of ether oxygens (including phenoxy) is 1. The molecular formula is C55H61N9O12S. The molecule has 7 heterocycles. The van der Waals surface area contributed by atoms with E-state index in [0.717, 1.165) is 22.1 Å². The first kappa shape index (κ1) is 52.7. The van der Waals surface area contributed by atoms with Crippen molar-refractivity contribution >= 4 is 44.8 Å². The number of nitrogens with one attached hydrogen (secondary N) is 1. The van der Waals surface area contributed by atoms with Crippen molar-refractivity contribution in [2.24, 2.45) is 5.92 Å². The van der Waals surface area contributed by atoms with Crippen LogP contribution in [0.2, 0.25) is 0 Å². The predicted molar refractivity (Wildman–Crippen MR) is 281 cm³/mol. The third kappa shape index (κ3) is 9.14. The van der Waals surface area contributed by atoms with Gasteiger partial charge in [-0.05, 0) is 117 Å². The number of nitrogens with zero attached hydrogens (tertiary/aromatic N) is 8. The summed E-state index contributed by atoms with van der Waals surface area (Å²) in [5, 5.41) is 55.2. The van der Waals surface area contributed by atoms with Crippen molar-refractivity contribution in [2.45, 2.75) is 115 Å². The molecule has 0 aliphatic carbocycles. The van der Waals surface area contributed by atoms with Crippen LogP contribution in [0.5, 0.6) is 11.5 Å². The number of aromatic hydroxyl groups is 2. The number of piperidine rings is 2. The maximum atomic E-state index is 14.0. The first-order valence-electron chi connectivity index (χ1n) is 26.1. The smallest absolute Gasteiger partial charge is 0.407 e. The quantitative estimate of drug-likeness (QED) is 0.0861. The molecule has 1 unspecified atom stereocenters. The molecular weight excluding hydrogens is 1010 g/mol. The summed E-state index contributed by atoms with van der Waals surface area (Å²) in [6, 6.07) is 15.6. The number of aromatic nitrogens is 5. The molecule has 6 aromatic rings. The minimum absolute atomic E-state index is 0.000131. The van der Waals surface area contributed by atoms with Crippen molar-refractivity contribution < 1.29 is 52.8 Å². The summed E-state index contributed by atoms with van der Waals surface area (Å²) < 4.78 is 37.7. The summed E-state index contributed by atoms with van der Waals surface area (Å²) in [6.07, 6.45) is 0.978. The Morgan fingerprint density at radius 3 is 2.26 bits per heavy atom. The summed E-state index contributed by atoms with van der Waals surface area (Å²) in [5.74, 6) is -2.35. The van der Waals surface area contributed by atoms with Gasteiger partial charge in [-0.25, -0.2) is 23.0 Å². The molecule has 4 aliphatic heterocycles. The number of carboxylic acid groups (broad SMARTS) is 1. The lowest BCUT2D eigenvalue weighted by atomic mass is 9.86. The SMILES string of the molecule is CCNC(=O)c1nnc(-c2cc(C(C)C)c(O)cc2O)n1-c1ccc(S(=O)(=O)N2CCC(C(=O)N3CCC(N(Cc4ccc5nc6c(c(CC)c5c4)Cn4c-6cc5c(c4=O)COC(=O)C5(O)CC)C(=O)O)CC3)CC2)cc1. The Kier molecular flexibility index (Phi) is 13.9. The highest BCUT2D eigenvalue weighted by Crippen LogP contribution is 2.42. The van der Waals surface area contributed by atoms with E-state index in [1.807, 2.05) is 39.0 Å². The van der Waals surface area contributed by atoms with Crippen molar-refractivity contribution in [3.8, 4) is 40.0 Å². The van der Waals surface area contributed by atoms with Crippen LogP contribution in [-0.2, 0) is 56.1 Å². The number of hydrogen-bond acceptors (Lipinski definition) is 14. The van der Waals surface area contributed by atoms with Gasteiger partial charge in [-0.1, -0.05) is 33.8 Å². The van der Waals surface area contributed by atoms with E-state index in [0.29, 0.717) is 79.9 Å². The number of rotatable bonds is 13. The van der Waals surface area contributed by atoms with Gasteiger partial charge >= 0.3 is 12.1 Å². The molecule has 0 saturated carbocycles. The maximum Gasteiger partial charge on any atom is 0.407 e. The van der Waals surface area contributed by atoms with E-state index in [9.17, 15) is 52.8 Å². The number of amides is 3. The minimum atomic E-state index is -4.01. The second-order valence-electron chi connectivity index (χ2n) is 20.5. The molecule has 5 N–H and O–H groups in total. The van der Waals surface area contributed by atoms with Crippen LogP contribution in [0.3, 0.4) is 0 Å². The molecule has 2 fully saturated rings. The third-order valence-corrected chi connectivity index (χ3v) is 17.7. The van der Waals surface area contributed by atoms with Crippen molar-refractivity contribution in [3.63, 3.8) is 0 Å². The van der Waals surface area contributed by atoms with Crippen LogP contribution in [-0.4, -0.2) is 130 Å². The molecule has 1 atom stereocenters. The molecule has 22 heteroatoms. The Hall–Kier alpha value is -7.69. The van der Waals surface area contributed by atoms with Gasteiger partial charge in [-0.3, -0.25) is 19.0 Å². The number of carbonyl (C=O) groups excluding carboxylic acids is 3. The van der Waals surface area contributed by atoms with E-state index in [2.05, 4.69) is 15.5 Å². The fourth-order valence-electron chi connectivity index (χ4n) is 11.5. The van der Waals surface area contributed by atoms with E-state index in [4.69, 9.17) is 9.72 Å². The Labute approximate surface area is 443 Å². The van der Waals surface area contributed by atoms with Crippen molar-refractivity contribution in [1.29, 1.82) is 0 Å². The minimum Gasteiger partial charge on any atom is -0.508 e. The first-order chi connectivity index (χ1) is 36.8. The van der Waals surface area contributed by atoms with Crippen molar-refractivity contribution in [3.05, 3.63) is 110 Å². The molecule has 0 bridgehead atoms. The number of phenols is 2. The number of cyclic esters (lactones) is 1. The average molecular weight is 1070 g/mol. The lowest BCUT2D eigenvalue weighted by molar-refractivity contribution is -0.172. The highest BCUT2D eigenvalue weighted by molar-refractivity contribution is 7.89. The molecule has 3 aromatic carbocycles. The number of aliphatic hydroxyl groups is 1. The molecule has 10 rings (SSSR count). The fraction of sp³-hybridized carbons (Fsp3) is 0.418. The highest BCUT2D eigenvalue weighted by Gasteiger charge is 2.46. The van der Waals surface area contributed by atoms with Gasteiger partial charge in [0.1, 0.15) is 18.1 Å². The van der Waals surface area contributed by atoms with Gasteiger partial charge in [0.25, 0.3) is 11.5 Å². The molecule has 3 aromatic heterocycles. The molecule has 21 nitrogen and oxygen atoms in total. The lowest BCUT2D eigenvalue weighted by Gasteiger charge is -2.39. The zero-order valence-electron chi connectivity index (χ0n) is 43.4. The van der Waals surface area contributed by atoms with E-state index >= 15 is 0 Å². The predicted octanol–water partition coefficient (Wildman–Crippen LogP) is 5.75. The van der Waals surface area contributed by atoms with Gasteiger partial charge in [0.15, 0.2) is 11.4 Å². The summed E-state index contributed by atoms with van der Waals surface area (Å²) in [7, 11) is -4.01. The summed E-state index contributed by atoms with van der Waals surface area (Å²) in [4.78, 5) is 74.7. The topological polar surface area (TPSA) is 280 Å². The van der Waals surface area contributed by atoms with Crippen LogP contribution < -0.4 is 10.9 Å². The first-order valence-corrected chi connectivity index (χ1v) is 27.5. The van der Waals surface area contributed by atoms with Crippen molar-refractivity contribution in [2.75, 3.05) is 32.7 Å². The monoisotopic (exact) mass is 1070 g/mol. The standard InChI is InChI=1S/C55H61N9O12S/c1-6-36-38-23-31(9-14-43(38)57-47-40(36)28-63-44(47)25-42-41(52(63)69)29-76-53(70)55(42,73)7-2)27-62(54(71)72)33-17-19-60(20-18-33)51(68)32-15-21-61(22-16-32)77(74,75)35-12-10-34(11-13-35)64-48(58-59-49(64)50(67)56-8-3)39-24-37(30(4)5)45(65)26-46(39)66/h9-14,23-26,30,32-33,65-66,73H,6-8,15-22,27-29H2,1-5H3,(H,56,67)(H,71,72). The maximum absolute atomic E-state index is 14.0. The Balaban J connectivity index is 0.785. The number of likely N-dealkylation sites (tertiary alicyclic amines) is 1. The van der Waals surface area contributed by atoms with Crippen LogP contribution in [0, 0.1) is 5.92 Å². The molecule has 0 radical (unpaired) electrons. The molecule has 3 amide bonds. The third-order valence-electron chi connectivity index (χ3n) is 15.8. The molecule has 404 valence electrons. The van der Waals surface area contributed by atoms with Crippen LogP contribution in [0.4, 0.5) is 4.79 Å². The number of pyridine rings is 2. The second-order valence-corrected chi connectivity index (χ2v) is 22.4. The fourth-order valence-corrected chi connectivity index (χ4v) is 13.0. The highest BCUT2D eigenvalue weighted by atomic mass is 32.2. The summed E-state index contributed by atoms with van der Waals surface area (Å²) >= 11 is 0. The number of carbonyl (C=O) groups is 4. The van der Waals surface area contributed by atoms with Crippen LogP contribution in [0.15, 0.2) is 70.4 Å². The van der Waals surface area contributed by atoms with E-state index in [-0.39, 0.29) is 107 Å². The summed E-state index contributed by atoms with van der Waals surface area (Å²) in [6.45, 7) is 10.5. The van der Waals surface area contributed by atoms with E-state index < -0.39 is 39.5 Å². The van der Waals surface area contributed by atoms with Crippen LogP contribution >= 0.6 is 0 Å². The second kappa shape index (κ2) is 20.4. The zero-order chi connectivity index (χ0) is 54.8. The number of hydrogen-bond donors (Lipinski definition) is 5. The number of esters is 1. The zero-order valence-corrected chi connectivity index (χ0v) is 44.3. The van der Waals surface area contributed by atoms with E-state index in [1.165, 1.54) is 44.1 Å². The van der Waals surface area contributed by atoms with Crippen molar-refractivity contribution in [1.82, 2.24) is 43.7 Å². The van der Waals surface area contributed by atoms with Gasteiger partial charge in [-0.15, -0.1) is 10.2 Å². The molecule has 77 heavy (non-hydrogen) atoms. The normalized spacial score (nSPS) is 18.0. The van der Waals surface area contributed by atoms with Gasteiger partial charge in [0.05, 0.1) is 39.5 Å². The number of aryl methyl sites for hydroxylation is 1. The van der Waals surface area contributed by atoms with Crippen LogP contribution in [0.25, 0.3) is 39.4 Å². The van der Waals surface area contributed by atoms with Gasteiger partial charge in [-0.2, -0.15) is 4.31 Å².